The maximum atomic E-state index is 14.9. The first kappa shape index (κ1) is 45.0. The normalized spacial score (nSPS) is 37.2. The lowest BCUT2D eigenvalue weighted by atomic mass is 9.33. The number of carbonyl (C=O) groups is 2. The van der Waals surface area contributed by atoms with E-state index in [-0.39, 0.29) is 86.5 Å². The zero-order valence-corrected chi connectivity index (χ0v) is 38.6. The summed E-state index contributed by atoms with van der Waals surface area (Å²) >= 11 is 0. The van der Waals surface area contributed by atoms with E-state index in [1.807, 2.05) is 57.2 Å². The number of allylic oxidation sites excluding steroid dienone is 2. The van der Waals surface area contributed by atoms with Gasteiger partial charge < -0.3 is 21.3 Å². The van der Waals surface area contributed by atoms with Gasteiger partial charge in [0.25, 0.3) is 0 Å². The van der Waals surface area contributed by atoms with E-state index in [2.05, 4.69) is 46.9 Å². The van der Waals surface area contributed by atoms with Gasteiger partial charge in [0.15, 0.2) is 5.78 Å². The molecule has 9 nitrogen and oxygen atoms in total. The van der Waals surface area contributed by atoms with Crippen LogP contribution < -0.4 is 11.1 Å². The van der Waals surface area contributed by atoms with Crippen molar-refractivity contribution >= 4 is 27.4 Å². The van der Waals surface area contributed by atoms with Gasteiger partial charge in [0.1, 0.15) is 0 Å². The van der Waals surface area contributed by atoms with Crippen LogP contribution in [-0.2, 0) is 26.0 Å². The monoisotopic (exact) mass is 844 g/mol. The number of nitrogens with one attached hydrogen (secondary N) is 1. The number of nitrogens with zero attached hydrogens (tertiary/aromatic N) is 1. The molecule has 4 fully saturated rings. The van der Waals surface area contributed by atoms with Crippen molar-refractivity contribution in [3.8, 4) is 0 Å². The lowest BCUT2D eigenvalue weighted by Gasteiger charge is -2.70. The summed E-state index contributed by atoms with van der Waals surface area (Å²) in [4.78, 5) is 29.9. The minimum atomic E-state index is -3.99. The molecule has 0 aliphatic heterocycles. The molecule has 7 rings (SSSR count). The largest absolute Gasteiger partial charge is 0.399 e. The van der Waals surface area contributed by atoms with Gasteiger partial charge in [-0.15, -0.1) is 0 Å². The van der Waals surface area contributed by atoms with Crippen LogP contribution in [0.15, 0.2) is 71.1 Å². The number of nitrogen functional groups attached to an aromatic ring is 1. The second-order valence-corrected chi connectivity index (χ2v) is 24.2. The van der Waals surface area contributed by atoms with E-state index in [4.69, 9.17) is 5.73 Å². The molecule has 0 saturated heterocycles. The van der Waals surface area contributed by atoms with E-state index in [1.165, 1.54) is 22.0 Å². The first-order chi connectivity index (χ1) is 27.9. The number of hydrogen-bond acceptors (Lipinski definition) is 7. The molecule has 0 unspecified atom stereocenters. The summed E-state index contributed by atoms with van der Waals surface area (Å²) in [5.74, 6) is 0.262. The molecule has 0 radical (unpaired) electrons. The van der Waals surface area contributed by atoms with Gasteiger partial charge in [-0.2, -0.15) is 4.31 Å². The summed E-state index contributed by atoms with van der Waals surface area (Å²) in [6.07, 6.45) is 8.48. The number of ketones is 1. The van der Waals surface area contributed by atoms with Crippen LogP contribution in [0.3, 0.4) is 0 Å². The predicted octanol–water partition coefficient (Wildman–Crippen LogP) is 8.35. The van der Waals surface area contributed by atoms with Crippen molar-refractivity contribution in [3.63, 3.8) is 0 Å². The SMILES string of the molecule is CC(C)CN(C[C@@H](O)[C@H](Cc1ccccc1)NC(=O)[C@@]1(C)CC[C@]2(C)CC[C@]3(C)C(=CC(=O)[C@@H]4[C@@]5(C)CC[C@H](O)C(C)(C)[C@@H]5CC[C@]43C)[C@@H]2C1)S(=O)(=O)c1ccc(N)cc1. The van der Waals surface area contributed by atoms with Crippen molar-refractivity contribution < 1.29 is 28.2 Å². The first-order valence-corrected chi connectivity index (χ1v) is 24.2. The first-order valence-electron chi connectivity index (χ1n) is 22.7. The molecular formula is C50H73N3O6S. The number of aliphatic hydroxyl groups excluding tert-OH is 2. The number of carbonyl (C=O) groups excluding carboxylic acids is 2. The topological polar surface area (TPSA) is 150 Å². The molecule has 0 spiro atoms. The Morgan fingerprint density at radius 2 is 1.53 bits per heavy atom. The highest BCUT2D eigenvalue weighted by molar-refractivity contribution is 7.89. The Bertz CT molecular complexity index is 2090. The molecule has 10 heteroatoms. The molecule has 0 bridgehead atoms. The Balaban J connectivity index is 1.18. The Hall–Kier alpha value is -3.05. The maximum absolute atomic E-state index is 14.9. The molecular weight excluding hydrogens is 771 g/mol. The van der Waals surface area contributed by atoms with Crippen molar-refractivity contribution in [2.45, 2.75) is 150 Å². The van der Waals surface area contributed by atoms with Gasteiger partial charge in [0.2, 0.25) is 15.9 Å². The third-order valence-electron chi connectivity index (χ3n) is 17.7. The standard InChI is InChI=1S/C50H73N3O6S/c1-32(2)30-53(60(58,59)35-17-15-34(51)16-18-35)31-40(55)38(27-33-13-11-10-12-14-33)52-44(57)47(6)24-23-46(5)25-26-49(8)36(37(46)29-47)28-39(54)43-48(7)21-20-42(56)45(3,4)41(48)19-22-50(43,49)9/h10-18,28,32,37-38,40-43,55-56H,19-27,29-31,51H2,1-9H3,(H,52,57)/t37-,38-,40+,41-,42-,43+,46+,47-,48-,49+,50+/m0/s1. The van der Waals surface area contributed by atoms with E-state index in [0.29, 0.717) is 24.9 Å². The van der Waals surface area contributed by atoms with Crippen molar-refractivity contribution in [2.75, 3.05) is 18.8 Å². The van der Waals surface area contributed by atoms with Gasteiger partial charge in [0.05, 0.1) is 23.1 Å². The van der Waals surface area contributed by atoms with Crippen LogP contribution in [0.4, 0.5) is 5.69 Å². The molecule has 5 aliphatic rings. The van der Waals surface area contributed by atoms with E-state index in [0.717, 1.165) is 50.5 Å². The van der Waals surface area contributed by atoms with Gasteiger partial charge in [-0.05, 0) is 145 Å². The molecule has 2 aromatic rings. The number of anilines is 1. The molecule has 330 valence electrons. The molecule has 5 aliphatic carbocycles. The van der Waals surface area contributed by atoms with Gasteiger partial charge in [-0.25, -0.2) is 8.42 Å². The minimum Gasteiger partial charge on any atom is -0.399 e. The minimum absolute atomic E-state index is 0.0154. The fraction of sp³-hybridized carbons (Fsp3) is 0.680. The van der Waals surface area contributed by atoms with Crippen LogP contribution in [0.5, 0.6) is 0 Å². The zero-order chi connectivity index (χ0) is 43.8. The summed E-state index contributed by atoms with van der Waals surface area (Å²) in [5.41, 5.74) is 6.76. The number of amides is 1. The Morgan fingerprint density at radius 1 is 0.883 bits per heavy atom. The van der Waals surface area contributed by atoms with E-state index < -0.39 is 27.6 Å². The Morgan fingerprint density at radius 3 is 2.18 bits per heavy atom. The highest BCUT2D eigenvalue weighted by Crippen LogP contribution is 2.75. The Kier molecular flexibility index (Phi) is 11.7. The number of hydrogen-bond donors (Lipinski definition) is 4. The van der Waals surface area contributed by atoms with Crippen LogP contribution in [-0.4, -0.2) is 66.0 Å². The lowest BCUT2D eigenvalue weighted by Crippen LogP contribution is -2.66. The van der Waals surface area contributed by atoms with E-state index in [9.17, 15) is 28.2 Å². The zero-order valence-electron chi connectivity index (χ0n) is 37.8. The van der Waals surface area contributed by atoms with Crippen LogP contribution in [0, 0.1) is 56.2 Å². The molecule has 60 heavy (non-hydrogen) atoms. The third-order valence-corrected chi connectivity index (χ3v) is 19.5. The molecule has 11 atom stereocenters. The van der Waals surface area contributed by atoms with E-state index in [1.54, 1.807) is 12.1 Å². The number of nitrogens with two attached hydrogens (primary N) is 1. The van der Waals surface area contributed by atoms with Crippen LogP contribution in [0.25, 0.3) is 0 Å². The van der Waals surface area contributed by atoms with E-state index >= 15 is 0 Å². The average molecular weight is 844 g/mol. The van der Waals surface area contributed by atoms with Crippen LogP contribution >= 0.6 is 0 Å². The van der Waals surface area contributed by atoms with Crippen molar-refractivity contribution in [1.29, 1.82) is 0 Å². The van der Waals surface area contributed by atoms with Gasteiger partial charge in [0, 0.05) is 30.1 Å². The highest BCUT2D eigenvalue weighted by Gasteiger charge is 2.70. The molecule has 0 aromatic heterocycles. The second kappa shape index (κ2) is 15.6. The second-order valence-electron chi connectivity index (χ2n) is 22.3. The molecule has 1 amide bonds. The smallest absolute Gasteiger partial charge is 0.243 e. The molecule has 0 heterocycles. The molecule has 5 N–H and O–H groups in total. The number of fused-ring (bicyclic) bond motifs is 7. The summed E-state index contributed by atoms with van der Waals surface area (Å²) in [6, 6.07) is 15.0. The molecule has 4 saturated carbocycles. The fourth-order valence-corrected chi connectivity index (χ4v) is 15.3. The highest BCUT2D eigenvalue weighted by atomic mass is 32.2. The van der Waals surface area contributed by atoms with Crippen LogP contribution in [0.2, 0.25) is 0 Å². The Labute approximate surface area is 360 Å². The number of aliphatic hydroxyl groups is 2. The van der Waals surface area contributed by atoms with Gasteiger partial charge in [-0.3, -0.25) is 9.59 Å². The molecule has 2 aromatic carbocycles. The fourth-order valence-electron chi connectivity index (χ4n) is 13.7. The lowest BCUT2D eigenvalue weighted by molar-refractivity contribution is -0.202. The van der Waals surface area contributed by atoms with Crippen molar-refractivity contribution in [2.24, 2.45) is 56.2 Å². The quantitative estimate of drug-likeness (QED) is 0.166. The summed E-state index contributed by atoms with van der Waals surface area (Å²) in [6.45, 7) is 19.9. The summed E-state index contributed by atoms with van der Waals surface area (Å²) < 4.78 is 29.4. The summed E-state index contributed by atoms with van der Waals surface area (Å²) in [5, 5.41) is 26.5. The average Bonchev–Trinajstić information content (AvgIpc) is 3.17. The predicted molar refractivity (Wildman–Crippen MR) is 238 cm³/mol. The van der Waals surface area contributed by atoms with Gasteiger partial charge >= 0.3 is 0 Å². The van der Waals surface area contributed by atoms with Crippen molar-refractivity contribution in [1.82, 2.24) is 9.62 Å². The maximum Gasteiger partial charge on any atom is 0.243 e. The number of rotatable bonds is 11. The van der Waals surface area contributed by atoms with Crippen molar-refractivity contribution in [3.05, 3.63) is 71.8 Å². The third kappa shape index (κ3) is 7.41. The number of benzene rings is 2. The number of sulfonamides is 1. The summed E-state index contributed by atoms with van der Waals surface area (Å²) in [7, 11) is -3.99. The van der Waals surface area contributed by atoms with Gasteiger partial charge in [-0.1, -0.05) is 98.2 Å². The van der Waals surface area contributed by atoms with Crippen LogP contribution in [0.1, 0.15) is 126 Å².